The zero-order chi connectivity index (χ0) is 26.2. The molecule has 0 bridgehead atoms. The van der Waals surface area contributed by atoms with E-state index >= 15 is 0 Å². The van der Waals surface area contributed by atoms with Gasteiger partial charge in [-0.2, -0.15) is 5.10 Å². The van der Waals surface area contributed by atoms with E-state index in [4.69, 9.17) is 31.5 Å². The number of nitrogens with zero attached hydrogens (tertiary/aromatic N) is 3. The molecule has 2 atom stereocenters. The monoisotopic (exact) mass is 545 g/mol. The molecule has 3 N–H and O–H groups in total. The second-order valence-corrected chi connectivity index (χ2v) is 10.9. The Morgan fingerprint density at radius 2 is 1.95 bits per heavy atom. The molecule has 2 aromatic heterocycles. The maximum Gasteiger partial charge on any atom is 0.327 e. The van der Waals surface area contributed by atoms with Crippen LogP contribution < -0.4 is 15.2 Å². The Morgan fingerprint density at radius 3 is 2.65 bits per heavy atom. The van der Waals surface area contributed by atoms with Gasteiger partial charge in [-0.05, 0) is 43.2 Å². The number of H-pyrrole nitrogens is 1. The molecule has 1 saturated heterocycles. The van der Waals surface area contributed by atoms with Crippen molar-refractivity contribution in [1.82, 2.24) is 20.2 Å². The van der Waals surface area contributed by atoms with Crippen molar-refractivity contribution in [3.63, 3.8) is 0 Å². The number of aromatic nitrogens is 4. The molecule has 1 aliphatic carbocycles. The van der Waals surface area contributed by atoms with Gasteiger partial charge in [-0.15, -0.1) is 0 Å². The highest BCUT2D eigenvalue weighted by Gasteiger charge is 2.52. The number of hydrogen-bond donors (Lipinski definition) is 2. The molecule has 0 spiro atoms. The Hall–Kier alpha value is -3.05. The lowest BCUT2D eigenvalue weighted by Crippen LogP contribution is -2.53. The van der Waals surface area contributed by atoms with Crippen molar-refractivity contribution in [2.75, 3.05) is 20.0 Å². The number of aryl methyl sites for hydroxylation is 1. The fourth-order valence-electron chi connectivity index (χ4n) is 5.40. The maximum absolute atomic E-state index is 13.5. The van der Waals surface area contributed by atoms with Crippen LogP contribution in [0.15, 0.2) is 23.5 Å². The van der Waals surface area contributed by atoms with Crippen LogP contribution in [0, 0.1) is 5.92 Å². The van der Waals surface area contributed by atoms with Crippen LogP contribution in [-0.4, -0.2) is 57.0 Å². The van der Waals surface area contributed by atoms with Gasteiger partial charge in [-0.1, -0.05) is 36.2 Å². The van der Waals surface area contributed by atoms with Gasteiger partial charge in [-0.3, -0.25) is 14.7 Å². The van der Waals surface area contributed by atoms with Crippen molar-refractivity contribution < 1.29 is 23.8 Å². The van der Waals surface area contributed by atoms with Crippen LogP contribution in [0.3, 0.4) is 0 Å². The van der Waals surface area contributed by atoms with Crippen molar-refractivity contribution in [3.8, 4) is 11.5 Å². The molecule has 1 saturated carbocycles. The van der Waals surface area contributed by atoms with Crippen molar-refractivity contribution >= 4 is 52.0 Å². The minimum Gasteiger partial charge on any atom is -0.496 e. The summed E-state index contributed by atoms with van der Waals surface area (Å²) in [6, 6.07) is 3.55. The number of hydrogen-bond acceptors (Lipinski definition) is 10. The van der Waals surface area contributed by atoms with Gasteiger partial charge in [0.2, 0.25) is 0 Å². The van der Waals surface area contributed by atoms with Crippen molar-refractivity contribution in [2.45, 2.75) is 61.0 Å². The lowest BCUT2D eigenvalue weighted by Gasteiger charge is -2.42. The number of fused-ring (bicyclic) bond motifs is 1. The molecule has 5 rings (SSSR count). The number of anilines is 1. The Kier molecular flexibility index (Phi) is 7.17. The number of cyclic esters (lactones) is 1. The van der Waals surface area contributed by atoms with Gasteiger partial charge >= 0.3 is 5.97 Å². The molecule has 2 unspecified atom stereocenters. The number of carbonyl (C=O) groups excluding carboxylic acids is 2. The van der Waals surface area contributed by atoms with E-state index in [0.717, 1.165) is 43.0 Å². The fourth-order valence-corrected chi connectivity index (χ4v) is 6.53. The Bertz CT molecular complexity index is 1320. The number of Topliss-reactive ketones (excluding diaryl/α,β-unsaturated/α-hetero) is 1. The average molecular weight is 546 g/mol. The zero-order valence-electron chi connectivity index (χ0n) is 20.6. The highest BCUT2D eigenvalue weighted by Crippen LogP contribution is 2.46. The number of methoxy groups -OCH3 is 2. The zero-order valence-corrected chi connectivity index (χ0v) is 22.2. The van der Waals surface area contributed by atoms with Gasteiger partial charge in [0.15, 0.2) is 21.8 Å². The first-order chi connectivity index (χ1) is 17.8. The number of halogens is 1. The molecule has 0 amide bonds. The lowest BCUT2D eigenvalue weighted by atomic mass is 9.76. The molecule has 196 valence electrons. The van der Waals surface area contributed by atoms with Crippen LogP contribution in [0.2, 0.25) is 5.02 Å². The molecule has 3 heterocycles. The highest BCUT2D eigenvalue weighted by atomic mass is 35.5. The summed E-state index contributed by atoms with van der Waals surface area (Å²) in [5.74, 6) is 0.723. The number of carbonyl (C=O) groups is 2. The molecule has 0 radical (unpaired) electrons. The Balaban J connectivity index is 1.38. The summed E-state index contributed by atoms with van der Waals surface area (Å²) in [5.41, 5.74) is 6.42. The average Bonchev–Trinajstić information content (AvgIpc) is 3.58. The number of ether oxygens (including phenoxy) is 3. The van der Waals surface area contributed by atoms with Gasteiger partial charge in [0, 0.05) is 12.5 Å². The van der Waals surface area contributed by atoms with Crippen LogP contribution in [-0.2, 0) is 20.7 Å². The Morgan fingerprint density at radius 1 is 1.19 bits per heavy atom. The summed E-state index contributed by atoms with van der Waals surface area (Å²) in [6.07, 6.45) is 6.59. The number of thioether (sulfide) groups is 1. The highest BCUT2D eigenvalue weighted by molar-refractivity contribution is 8.01. The van der Waals surface area contributed by atoms with E-state index < -0.39 is 16.8 Å². The van der Waals surface area contributed by atoms with Gasteiger partial charge in [-0.25, -0.2) is 9.97 Å². The lowest BCUT2D eigenvalue weighted by molar-refractivity contribution is -0.177. The predicted octanol–water partition coefficient (Wildman–Crippen LogP) is 4.14. The molecule has 2 aliphatic rings. The normalized spacial score (nSPS) is 22.4. The molecular weight excluding hydrogens is 518 g/mol. The molecular formula is C25H28ClN5O5S. The summed E-state index contributed by atoms with van der Waals surface area (Å²) < 4.78 is 17.1. The van der Waals surface area contributed by atoms with Crippen LogP contribution in [0.5, 0.6) is 11.5 Å². The third kappa shape index (κ3) is 4.94. The fraction of sp³-hybridized carbons (Fsp3) is 0.480. The molecule has 12 heteroatoms. The number of rotatable bonds is 8. The minimum atomic E-state index is -1.06. The summed E-state index contributed by atoms with van der Waals surface area (Å²) in [7, 11) is 3.13. The number of nitrogen functional groups attached to an aromatic ring is 1. The molecule has 1 aromatic carbocycles. The largest absolute Gasteiger partial charge is 0.496 e. The quantitative estimate of drug-likeness (QED) is 0.241. The summed E-state index contributed by atoms with van der Waals surface area (Å²) in [4.78, 5) is 35.4. The summed E-state index contributed by atoms with van der Waals surface area (Å²) in [6.45, 7) is 0. The van der Waals surface area contributed by atoms with Crippen LogP contribution in [0.1, 0.15) is 44.1 Å². The van der Waals surface area contributed by atoms with E-state index in [9.17, 15) is 9.59 Å². The second-order valence-electron chi connectivity index (χ2n) is 9.43. The minimum absolute atomic E-state index is 0.110. The van der Waals surface area contributed by atoms with Gasteiger partial charge in [0.1, 0.15) is 22.9 Å². The first-order valence-electron chi connectivity index (χ1n) is 12.1. The first-order valence-corrected chi connectivity index (χ1v) is 13.4. The molecule has 37 heavy (non-hydrogen) atoms. The number of nitrogens with two attached hydrogens (primary N) is 1. The number of aromatic amines is 1. The van der Waals surface area contributed by atoms with Gasteiger partial charge in [0.05, 0.1) is 30.8 Å². The van der Waals surface area contributed by atoms with Gasteiger partial charge < -0.3 is 19.9 Å². The van der Waals surface area contributed by atoms with Crippen molar-refractivity contribution in [3.05, 3.63) is 28.9 Å². The molecule has 2 fully saturated rings. The van der Waals surface area contributed by atoms with E-state index in [1.165, 1.54) is 6.20 Å². The van der Waals surface area contributed by atoms with E-state index in [2.05, 4.69) is 20.2 Å². The first kappa shape index (κ1) is 25.6. The summed E-state index contributed by atoms with van der Waals surface area (Å²) >= 11 is 7.33. The second kappa shape index (κ2) is 10.4. The van der Waals surface area contributed by atoms with E-state index in [-0.39, 0.29) is 29.1 Å². The van der Waals surface area contributed by atoms with E-state index in [1.54, 1.807) is 26.4 Å². The molecule has 10 nitrogen and oxygen atoms in total. The smallest absolute Gasteiger partial charge is 0.327 e. The SMILES string of the molecule is COc1cc(OC)c(CCC2(C3CCCC3)CC(=O)C(Sc3nc(N)c4cn[nH]c4n3)C(=O)O2)cc1Cl. The number of esters is 1. The third-order valence-electron chi connectivity index (χ3n) is 7.30. The Labute approximate surface area is 223 Å². The third-order valence-corrected chi connectivity index (χ3v) is 8.68. The van der Waals surface area contributed by atoms with Crippen LogP contribution in [0.25, 0.3) is 11.0 Å². The van der Waals surface area contributed by atoms with Crippen molar-refractivity contribution in [2.24, 2.45) is 5.92 Å². The van der Waals surface area contributed by atoms with E-state index in [0.29, 0.717) is 40.4 Å². The number of ketones is 1. The summed E-state index contributed by atoms with van der Waals surface area (Å²) in [5, 5.41) is 6.87. The van der Waals surface area contributed by atoms with Crippen LogP contribution in [0.4, 0.5) is 5.82 Å². The standard InChI is InChI=1S/C25H28ClN5O5S/c1-34-18-10-19(35-2)16(26)9-13(18)7-8-25(14-5-3-4-6-14)11-17(32)20(23(33)36-25)37-24-29-21(27)15-12-28-31-22(15)30-24/h9-10,12,14,20H,3-8,11H2,1-2H3,(H3,27,28,29,30,31). The van der Waals surface area contributed by atoms with Crippen molar-refractivity contribution in [1.29, 1.82) is 0 Å². The van der Waals surface area contributed by atoms with E-state index in [1.807, 2.05) is 0 Å². The van der Waals surface area contributed by atoms with Gasteiger partial charge in [0.25, 0.3) is 0 Å². The molecule has 3 aromatic rings. The molecule has 1 aliphatic heterocycles. The number of benzene rings is 1. The van der Waals surface area contributed by atoms with Crippen LogP contribution >= 0.6 is 23.4 Å². The predicted molar refractivity (Wildman–Crippen MR) is 139 cm³/mol. The maximum atomic E-state index is 13.5. The topological polar surface area (TPSA) is 142 Å². The number of nitrogens with one attached hydrogen (secondary N) is 1.